The second-order valence-corrected chi connectivity index (χ2v) is 6.61. The first-order chi connectivity index (χ1) is 13.7. The maximum absolute atomic E-state index is 13.9. The first-order valence-electron chi connectivity index (χ1n) is 10.2. The lowest BCUT2D eigenvalue weighted by Gasteiger charge is -2.18. The number of nitrogens with zero attached hydrogens (tertiary/aromatic N) is 1. The van der Waals surface area contributed by atoms with Gasteiger partial charge in [0, 0.05) is 17.7 Å². The minimum atomic E-state index is -0.257. The van der Waals surface area contributed by atoms with E-state index in [1.807, 2.05) is 31.2 Å². The summed E-state index contributed by atoms with van der Waals surface area (Å²) in [4.78, 5) is 2.42. The molecule has 0 aliphatic carbocycles. The van der Waals surface area contributed by atoms with Crippen molar-refractivity contribution < 1.29 is 13.9 Å². The highest BCUT2D eigenvalue weighted by Crippen LogP contribution is 2.32. The third-order valence-electron chi connectivity index (χ3n) is 4.73. The summed E-state index contributed by atoms with van der Waals surface area (Å²) in [5.74, 6) is 1.12. The third kappa shape index (κ3) is 6.80. The van der Waals surface area contributed by atoms with Crippen molar-refractivity contribution in [2.24, 2.45) is 0 Å². The molecule has 0 spiro atoms. The zero-order chi connectivity index (χ0) is 20.2. The second-order valence-electron chi connectivity index (χ2n) is 6.61. The van der Waals surface area contributed by atoms with E-state index in [4.69, 9.17) is 9.47 Å². The van der Waals surface area contributed by atoms with Gasteiger partial charge < -0.3 is 19.7 Å². The summed E-state index contributed by atoms with van der Waals surface area (Å²) in [6.45, 7) is 11.9. The highest BCUT2D eigenvalue weighted by molar-refractivity contribution is 5.46. The molecule has 2 aromatic carbocycles. The minimum absolute atomic E-state index is 0.172. The molecular formula is C23H33FN2O2. The zero-order valence-corrected chi connectivity index (χ0v) is 17.3. The molecule has 0 unspecified atom stereocenters. The molecule has 154 valence electrons. The van der Waals surface area contributed by atoms with Crippen LogP contribution in [0.5, 0.6) is 11.5 Å². The Hall–Kier alpha value is -2.11. The summed E-state index contributed by atoms with van der Waals surface area (Å²) >= 11 is 0. The lowest BCUT2D eigenvalue weighted by atomic mass is 10.1. The van der Waals surface area contributed by atoms with Gasteiger partial charge in [-0.2, -0.15) is 0 Å². The Morgan fingerprint density at radius 2 is 1.68 bits per heavy atom. The van der Waals surface area contributed by atoms with Crippen LogP contribution in [0, 0.1) is 5.82 Å². The van der Waals surface area contributed by atoms with Crippen LogP contribution in [-0.4, -0.2) is 37.7 Å². The molecule has 0 radical (unpaired) electrons. The van der Waals surface area contributed by atoms with Gasteiger partial charge in [-0.1, -0.05) is 44.2 Å². The van der Waals surface area contributed by atoms with Crippen LogP contribution in [0.3, 0.4) is 0 Å². The molecule has 0 aromatic heterocycles. The topological polar surface area (TPSA) is 33.7 Å². The molecule has 0 aliphatic heterocycles. The van der Waals surface area contributed by atoms with E-state index in [1.165, 1.54) is 6.07 Å². The lowest BCUT2D eigenvalue weighted by Crippen LogP contribution is -2.27. The maximum Gasteiger partial charge on any atom is 0.166 e. The first-order valence-corrected chi connectivity index (χ1v) is 10.2. The summed E-state index contributed by atoms with van der Waals surface area (Å²) in [7, 11) is 0. The minimum Gasteiger partial charge on any atom is -0.490 e. The largest absolute Gasteiger partial charge is 0.490 e. The molecule has 0 heterocycles. The van der Waals surface area contributed by atoms with Gasteiger partial charge in [0.15, 0.2) is 11.5 Å². The van der Waals surface area contributed by atoms with Gasteiger partial charge in [-0.3, -0.25) is 0 Å². The van der Waals surface area contributed by atoms with E-state index in [2.05, 4.69) is 24.1 Å². The average Bonchev–Trinajstić information content (AvgIpc) is 2.71. The molecule has 0 fully saturated rings. The standard InChI is InChI=1S/C23H33FN2O2/c1-4-26(5-2)16-10-15-25-17-19-12-9-14-22(27-6-3)23(19)28-18-20-11-7-8-13-21(20)24/h7-9,11-14,25H,4-6,10,15-18H2,1-3H3. The second kappa shape index (κ2) is 12.4. The molecular weight excluding hydrogens is 355 g/mol. The van der Waals surface area contributed by atoms with Crippen LogP contribution in [0.4, 0.5) is 4.39 Å². The smallest absolute Gasteiger partial charge is 0.166 e. The SMILES string of the molecule is CCOc1cccc(CNCCCN(CC)CC)c1OCc1ccccc1F. The Morgan fingerprint density at radius 3 is 2.39 bits per heavy atom. The molecule has 1 N–H and O–H groups in total. The zero-order valence-electron chi connectivity index (χ0n) is 17.3. The molecule has 2 rings (SSSR count). The number of hydrogen-bond donors (Lipinski definition) is 1. The van der Waals surface area contributed by atoms with E-state index in [-0.39, 0.29) is 12.4 Å². The van der Waals surface area contributed by atoms with Crippen molar-refractivity contribution in [1.29, 1.82) is 0 Å². The van der Waals surface area contributed by atoms with E-state index in [0.29, 0.717) is 30.2 Å². The fourth-order valence-electron chi connectivity index (χ4n) is 3.09. The Kier molecular flexibility index (Phi) is 9.80. The van der Waals surface area contributed by atoms with Crippen molar-refractivity contribution >= 4 is 0 Å². The summed E-state index contributed by atoms with van der Waals surface area (Å²) < 4.78 is 25.7. The van der Waals surface area contributed by atoms with E-state index in [0.717, 1.165) is 38.2 Å². The number of para-hydroxylation sites is 1. The molecule has 2 aromatic rings. The molecule has 0 saturated carbocycles. The quantitative estimate of drug-likeness (QED) is 0.508. The Morgan fingerprint density at radius 1 is 0.929 bits per heavy atom. The summed E-state index contributed by atoms with van der Waals surface area (Å²) in [6, 6.07) is 12.6. The van der Waals surface area contributed by atoms with Gasteiger partial charge in [-0.25, -0.2) is 4.39 Å². The van der Waals surface area contributed by atoms with Gasteiger partial charge in [0.05, 0.1) is 6.61 Å². The van der Waals surface area contributed by atoms with Crippen LogP contribution in [0.15, 0.2) is 42.5 Å². The van der Waals surface area contributed by atoms with Gasteiger partial charge >= 0.3 is 0 Å². The number of rotatable bonds is 13. The number of halogens is 1. The molecule has 5 heteroatoms. The molecule has 4 nitrogen and oxygen atoms in total. The van der Waals surface area contributed by atoms with Crippen molar-refractivity contribution in [3.8, 4) is 11.5 Å². The predicted molar refractivity (Wildman–Crippen MR) is 112 cm³/mol. The summed E-state index contributed by atoms with van der Waals surface area (Å²) in [6.07, 6.45) is 1.10. The van der Waals surface area contributed by atoms with Gasteiger partial charge in [-0.15, -0.1) is 0 Å². The number of hydrogen-bond acceptors (Lipinski definition) is 4. The number of nitrogens with one attached hydrogen (secondary N) is 1. The van der Waals surface area contributed by atoms with Crippen LogP contribution in [0.2, 0.25) is 0 Å². The molecule has 0 aliphatic rings. The van der Waals surface area contributed by atoms with Gasteiger partial charge in [0.25, 0.3) is 0 Å². The van der Waals surface area contributed by atoms with Crippen molar-refractivity contribution in [2.45, 2.75) is 40.3 Å². The molecule has 0 bridgehead atoms. The van der Waals surface area contributed by atoms with Crippen molar-refractivity contribution in [2.75, 3.05) is 32.8 Å². The first kappa shape index (κ1) is 22.2. The lowest BCUT2D eigenvalue weighted by molar-refractivity contribution is 0.262. The average molecular weight is 389 g/mol. The fraction of sp³-hybridized carbons (Fsp3) is 0.478. The highest BCUT2D eigenvalue weighted by atomic mass is 19.1. The normalized spacial score (nSPS) is 11.0. The molecule has 0 atom stereocenters. The maximum atomic E-state index is 13.9. The van der Waals surface area contributed by atoms with Gasteiger partial charge in [-0.05, 0) is 51.7 Å². The molecule has 0 saturated heterocycles. The Labute approximate surface area is 168 Å². The van der Waals surface area contributed by atoms with Crippen molar-refractivity contribution in [1.82, 2.24) is 10.2 Å². The highest BCUT2D eigenvalue weighted by Gasteiger charge is 2.12. The van der Waals surface area contributed by atoms with Crippen LogP contribution in [0.25, 0.3) is 0 Å². The molecule has 0 amide bonds. The third-order valence-corrected chi connectivity index (χ3v) is 4.73. The van der Waals surface area contributed by atoms with Crippen LogP contribution < -0.4 is 14.8 Å². The summed E-state index contributed by atoms with van der Waals surface area (Å²) in [5, 5.41) is 3.49. The fourth-order valence-corrected chi connectivity index (χ4v) is 3.09. The van der Waals surface area contributed by atoms with E-state index < -0.39 is 0 Å². The van der Waals surface area contributed by atoms with E-state index in [1.54, 1.807) is 12.1 Å². The van der Waals surface area contributed by atoms with Gasteiger partial charge in [0.1, 0.15) is 12.4 Å². The van der Waals surface area contributed by atoms with Crippen LogP contribution in [0.1, 0.15) is 38.3 Å². The van der Waals surface area contributed by atoms with Crippen LogP contribution >= 0.6 is 0 Å². The molecule has 28 heavy (non-hydrogen) atoms. The van der Waals surface area contributed by atoms with Crippen molar-refractivity contribution in [3.63, 3.8) is 0 Å². The monoisotopic (exact) mass is 388 g/mol. The van der Waals surface area contributed by atoms with Gasteiger partial charge in [0.2, 0.25) is 0 Å². The van der Waals surface area contributed by atoms with E-state index >= 15 is 0 Å². The van der Waals surface area contributed by atoms with Crippen molar-refractivity contribution in [3.05, 3.63) is 59.4 Å². The predicted octanol–water partition coefficient (Wildman–Crippen LogP) is 4.62. The number of ether oxygens (including phenoxy) is 2. The summed E-state index contributed by atoms with van der Waals surface area (Å²) in [5.41, 5.74) is 1.55. The number of benzene rings is 2. The Balaban J connectivity index is 1.99. The van der Waals surface area contributed by atoms with Crippen LogP contribution in [-0.2, 0) is 13.2 Å². The Bertz CT molecular complexity index is 705. The van der Waals surface area contributed by atoms with E-state index in [9.17, 15) is 4.39 Å².